The standard InChI is InChI=1S/C12H17IN2OS2/c1-7(2)5-8-10(13)12(16)15-11(14-8)9-6-17-3-4-18-9/h7,9H,3-6H2,1-2H3,(H,14,15,16). The van der Waals surface area contributed by atoms with Crippen molar-refractivity contribution >= 4 is 46.1 Å². The summed E-state index contributed by atoms with van der Waals surface area (Å²) in [7, 11) is 0. The summed E-state index contributed by atoms with van der Waals surface area (Å²) >= 11 is 5.95. The van der Waals surface area contributed by atoms with Gasteiger partial charge in [0.25, 0.3) is 5.56 Å². The molecule has 6 heteroatoms. The van der Waals surface area contributed by atoms with Gasteiger partial charge in [-0.2, -0.15) is 11.8 Å². The Morgan fingerprint density at radius 2 is 2.28 bits per heavy atom. The first-order valence-electron chi connectivity index (χ1n) is 6.06. The zero-order valence-corrected chi connectivity index (χ0v) is 14.3. The second-order valence-corrected chi connectivity index (χ2v) is 8.28. The van der Waals surface area contributed by atoms with Crippen LogP contribution >= 0.6 is 46.1 Å². The van der Waals surface area contributed by atoms with Crippen LogP contribution in [0.3, 0.4) is 0 Å². The highest BCUT2D eigenvalue weighted by atomic mass is 127. The largest absolute Gasteiger partial charge is 0.309 e. The Kier molecular flexibility index (Phi) is 5.44. The average molecular weight is 396 g/mol. The molecule has 1 aromatic heterocycles. The van der Waals surface area contributed by atoms with Gasteiger partial charge in [-0.05, 0) is 34.9 Å². The zero-order valence-electron chi connectivity index (χ0n) is 10.5. The molecule has 18 heavy (non-hydrogen) atoms. The lowest BCUT2D eigenvalue weighted by Gasteiger charge is -2.20. The Morgan fingerprint density at radius 3 is 2.89 bits per heavy atom. The van der Waals surface area contributed by atoms with Crippen molar-refractivity contribution in [2.75, 3.05) is 17.3 Å². The molecule has 0 saturated carbocycles. The third-order valence-electron chi connectivity index (χ3n) is 2.67. The van der Waals surface area contributed by atoms with Gasteiger partial charge in [0.2, 0.25) is 0 Å². The van der Waals surface area contributed by atoms with Crippen molar-refractivity contribution in [2.24, 2.45) is 5.92 Å². The summed E-state index contributed by atoms with van der Waals surface area (Å²) < 4.78 is 0.749. The van der Waals surface area contributed by atoms with Crippen LogP contribution in [0.5, 0.6) is 0 Å². The minimum absolute atomic E-state index is 0.0208. The predicted octanol–water partition coefficient (Wildman–Crippen LogP) is 3.09. The lowest BCUT2D eigenvalue weighted by atomic mass is 10.1. The van der Waals surface area contributed by atoms with E-state index in [1.807, 2.05) is 23.5 Å². The van der Waals surface area contributed by atoms with Gasteiger partial charge < -0.3 is 4.98 Å². The molecule has 1 atom stereocenters. The highest BCUT2D eigenvalue weighted by Gasteiger charge is 2.21. The number of nitrogens with one attached hydrogen (secondary N) is 1. The van der Waals surface area contributed by atoms with E-state index in [0.717, 1.165) is 33.0 Å². The maximum absolute atomic E-state index is 12.0. The van der Waals surface area contributed by atoms with Gasteiger partial charge in [-0.1, -0.05) is 13.8 Å². The second kappa shape index (κ2) is 6.65. The molecule has 1 unspecified atom stereocenters. The Morgan fingerprint density at radius 1 is 1.50 bits per heavy atom. The summed E-state index contributed by atoms with van der Waals surface area (Å²) in [4.78, 5) is 19.6. The number of thioether (sulfide) groups is 2. The van der Waals surface area contributed by atoms with Crippen LogP contribution in [0.2, 0.25) is 0 Å². The molecule has 1 aromatic rings. The fraction of sp³-hybridized carbons (Fsp3) is 0.667. The first-order valence-corrected chi connectivity index (χ1v) is 9.34. The molecule has 2 heterocycles. The number of rotatable bonds is 3. The number of H-pyrrole nitrogens is 1. The SMILES string of the molecule is CC(C)Cc1nc(C2CSCCS2)[nH]c(=O)c1I. The van der Waals surface area contributed by atoms with Crippen molar-refractivity contribution in [3.63, 3.8) is 0 Å². The second-order valence-electron chi connectivity index (χ2n) is 4.74. The molecular formula is C12H17IN2OS2. The average Bonchev–Trinajstić information content (AvgIpc) is 2.35. The number of nitrogens with zero attached hydrogens (tertiary/aromatic N) is 1. The summed E-state index contributed by atoms with van der Waals surface area (Å²) in [6, 6.07) is 0. The molecule has 0 aliphatic carbocycles. The molecule has 100 valence electrons. The lowest BCUT2D eigenvalue weighted by Crippen LogP contribution is -2.22. The van der Waals surface area contributed by atoms with E-state index in [0.29, 0.717) is 11.2 Å². The molecule has 1 fully saturated rings. The molecule has 0 bridgehead atoms. The smallest absolute Gasteiger partial charge is 0.264 e. The number of hydrogen-bond donors (Lipinski definition) is 1. The molecule has 1 saturated heterocycles. The van der Waals surface area contributed by atoms with Gasteiger partial charge in [-0.3, -0.25) is 4.79 Å². The summed E-state index contributed by atoms with van der Waals surface area (Å²) in [6.07, 6.45) is 0.875. The van der Waals surface area contributed by atoms with Gasteiger partial charge in [-0.25, -0.2) is 4.98 Å². The van der Waals surface area contributed by atoms with Crippen molar-refractivity contribution in [3.8, 4) is 0 Å². The first-order chi connectivity index (χ1) is 8.58. The Balaban J connectivity index is 2.30. The summed E-state index contributed by atoms with van der Waals surface area (Å²) in [5.74, 6) is 4.79. The summed E-state index contributed by atoms with van der Waals surface area (Å²) in [5, 5.41) is 0.347. The van der Waals surface area contributed by atoms with Crippen LogP contribution in [0.15, 0.2) is 4.79 Å². The molecular weight excluding hydrogens is 379 g/mol. The van der Waals surface area contributed by atoms with Gasteiger partial charge in [0.1, 0.15) is 5.82 Å². The molecule has 1 aliphatic heterocycles. The topological polar surface area (TPSA) is 45.8 Å². The van der Waals surface area contributed by atoms with E-state index >= 15 is 0 Å². The normalized spacial score (nSPS) is 20.3. The molecule has 1 N–H and O–H groups in total. The van der Waals surface area contributed by atoms with E-state index < -0.39 is 0 Å². The van der Waals surface area contributed by atoms with E-state index in [1.54, 1.807) is 0 Å². The van der Waals surface area contributed by atoms with Crippen LogP contribution in [0.25, 0.3) is 0 Å². The Labute approximate surface area is 129 Å². The molecule has 3 nitrogen and oxygen atoms in total. The third-order valence-corrected chi connectivity index (χ3v) is 6.55. The van der Waals surface area contributed by atoms with Gasteiger partial charge in [0.15, 0.2) is 0 Å². The van der Waals surface area contributed by atoms with Crippen LogP contribution in [-0.4, -0.2) is 27.2 Å². The fourth-order valence-electron chi connectivity index (χ4n) is 1.84. The van der Waals surface area contributed by atoms with Gasteiger partial charge in [0, 0.05) is 17.3 Å². The quantitative estimate of drug-likeness (QED) is 0.798. The fourth-order valence-corrected chi connectivity index (χ4v) is 4.94. The number of halogens is 1. The predicted molar refractivity (Wildman–Crippen MR) is 88.6 cm³/mol. The van der Waals surface area contributed by atoms with Crippen LogP contribution in [0.4, 0.5) is 0 Å². The maximum atomic E-state index is 12.0. The van der Waals surface area contributed by atoms with Crippen molar-refractivity contribution in [2.45, 2.75) is 25.5 Å². The zero-order chi connectivity index (χ0) is 13.1. The van der Waals surface area contributed by atoms with Crippen LogP contribution < -0.4 is 5.56 Å². The minimum Gasteiger partial charge on any atom is -0.309 e. The molecule has 0 amide bonds. The number of aromatic amines is 1. The van der Waals surface area contributed by atoms with Crippen molar-refractivity contribution < 1.29 is 0 Å². The van der Waals surface area contributed by atoms with Gasteiger partial charge in [0.05, 0.1) is 14.5 Å². The highest BCUT2D eigenvalue weighted by molar-refractivity contribution is 14.1. The molecule has 0 spiro atoms. The monoisotopic (exact) mass is 396 g/mol. The van der Waals surface area contributed by atoms with E-state index in [4.69, 9.17) is 4.98 Å². The summed E-state index contributed by atoms with van der Waals surface area (Å²) in [5.41, 5.74) is 0.980. The van der Waals surface area contributed by atoms with Crippen molar-refractivity contribution in [1.29, 1.82) is 0 Å². The lowest BCUT2D eigenvalue weighted by molar-refractivity contribution is 0.626. The molecule has 2 rings (SSSR count). The van der Waals surface area contributed by atoms with E-state index in [-0.39, 0.29) is 5.56 Å². The Hall–Kier alpha value is 0.310. The number of hydrogen-bond acceptors (Lipinski definition) is 4. The molecule has 0 aromatic carbocycles. The maximum Gasteiger partial charge on any atom is 0.264 e. The van der Waals surface area contributed by atoms with E-state index in [2.05, 4.69) is 41.4 Å². The van der Waals surface area contributed by atoms with E-state index in [9.17, 15) is 4.79 Å². The van der Waals surface area contributed by atoms with Gasteiger partial charge in [-0.15, -0.1) is 11.8 Å². The van der Waals surface area contributed by atoms with Crippen LogP contribution in [0.1, 0.15) is 30.6 Å². The highest BCUT2D eigenvalue weighted by Crippen LogP contribution is 2.34. The minimum atomic E-state index is 0.0208. The van der Waals surface area contributed by atoms with E-state index in [1.165, 1.54) is 5.75 Å². The van der Waals surface area contributed by atoms with Crippen molar-refractivity contribution in [3.05, 3.63) is 25.4 Å². The van der Waals surface area contributed by atoms with Crippen LogP contribution in [0, 0.1) is 9.49 Å². The molecule has 0 radical (unpaired) electrons. The van der Waals surface area contributed by atoms with Crippen LogP contribution in [-0.2, 0) is 6.42 Å². The third kappa shape index (κ3) is 3.66. The molecule has 1 aliphatic rings. The Bertz CT molecular complexity index is 470. The first kappa shape index (κ1) is 14.7. The number of aromatic nitrogens is 2. The van der Waals surface area contributed by atoms with Gasteiger partial charge >= 0.3 is 0 Å². The van der Waals surface area contributed by atoms with Crippen molar-refractivity contribution in [1.82, 2.24) is 9.97 Å². The summed E-state index contributed by atoms with van der Waals surface area (Å²) in [6.45, 7) is 4.31.